The minimum absolute atomic E-state index is 0.0734. The molecule has 2 heterocycles. The number of nitrogens with one attached hydrogen (secondary N) is 1. The fourth-order valence-electron chi connectivity index (χ4n) is 7.15. The van der Waals surface area contributed by atoms with Gasteiger partial charge in [-0.3, -0.25) is 9.52 Å². The second kappa shape index (κ2) is 15.1. The van der Waals surface area contributed by atoms with Gasteiger partial charge in [0, 0.05) is 49.0 Å². The molecule has 2 aliphatic heterocycles. The van der Waals surface area contributed by atoms with Gasteiger partial charge in [-0.05, 0) is 96.8 Å². The van der Waals surface area contributed by atoms with Gasteiger partial charge in [0.2, 0.25) is 0 Å². The average molecular weight is 656 g/mol. The Hall–Kier alpha value is -2.23. The van der Waals surface area contributed by atoms with E-state index in [0.29, 0.717) is 36.5 Å². The molecule has 6 unspecified atom stereocenters. The van der Waals surface area contributed by atoms with E-state index in [9.17, 15) is 4.79 Å². The Kier molecular flexibility index (Phi) is 11.5. The van der Waals surface area contributed by atoms with E-state index in [2.05, 4.69) is 54.7 Å². The van der Waals surface area contributed by atoms with Crippen LogP contribution >= 0.6 is 23.5 Å². The molecule has 246 valence electrons. The molecule has 9 heteroatoms. The van der Waals surface area contributed by atoms with Gasteiger partial charge in [0.1, 0.15) is 11.4 Å². The largest absolute Gasteiger partial charge is 0.491 e. The molecule has 0 aromatic heterocycles. The number of amides is 1. The van der Waals surface area contributed by atoms with Crippen molar-refractivity contribution in [3.8, 4) is 5.75 Å². The lowest BCUT2D eigenvalue weighted by molar-refractivity contribution is -0.173. The zero-order valence-corrected chi connectivity index (χ0v) is 29.3. The summed E-state index contributed by atoms with van der Waals surface area (Å²) in [5, 5.41) is 2.89. The Morgan fingerprint density at radius 3 is 2.69 bits per heavy atom. The van der Waals surface area contributed by atoms with Crippen molar-refractivity contribution in [1.29, 1.82) is 0 Å². The number of likely N-dealkylation sites (N-methyl/N-ethyl adjacent to an activating group) is 1. The summed E-state index contributed by atoms with van der Waals surface area (Å²) in [5.41, 5.74) is 3.72. The molecule has 1 aliphatic carbocycles. The third kappa shape index (κ3) is 7.68. The Morgan fingerprint density at radius 1 is 1.16 bits per heavy atom. The van der Waals surface area contributed by atoms with Crippen molar-refractivity contribution in [3.63, 3.8) is 0 Å². The molecule has 1 saturated carbocycles. The summed E-state index contributed by atoms with van der Waals surface area (Å²) in [7, 11) is 5.53. The third-order valence-electron chi connectivity index (χ3n) is 10.2. The molecular weight excluding hydrogens is 606 g/mol. The fourth-order valence-corrected chi connectivity index (χ4v) is 8.10. The molecular formula is C36H50ClN3O4S. The molecule has 0 saturated heterocycles. The molecule has 5 rings (SSSR count). The molecule has 0 spiro atoms. The van der Waals surface area contributed by atoms with E-state index in [1.165, 1.54) is 23.1 Å². The van der Waals surface area contributed by atoms with Crippen LogP contribution in [0, 0.1) is 17.8 Å². The monoisotopic (exact) mass is 655 g/mol. The number of aryl methyl sites for hydroxylation is 1. The number of hydrogen-bond acceptors (Lipinski definition) is 7. The average Bonchev–Trinajstić information content (AvgIpc) is 3.20. The summed E-state index contributed by atoms with van der Waals surface area (Å²) in [6.45, 7) is 9.46. The van der Waals surface area contributed by atoms with Crippen LogP contribution in [0.3, 0.4) is 0 Å². The summed E-state index contributed by atoms with van der Waals surface area (Å²) in [6.07, 6.45) is 9.69. The highest BCUT2D eigenvalue weighted by molar-refractivity contribution is 7.98. The van der Waals surface area contributed by atoms with E-state index < -0.39 is 5.60 Å². The molecule has 2 aromatic rings. The Labute approximate surface area is 279 Å². The lowest BCUT2D eigenvalue weighted by Crippen LogP contribution is -2.55. The number of anilines is 1. The summed E-state index contributed by atoms with van der Waals surface area (Å²) in [5.74, 6) is 1.98. The first-order valence-electron chi connectivity index (χ1n) is 16.4. The van der Waals surface area contributed by atoms with Crippen molar-refractivity contribution in [2.75, 3.05) is 52.4 Å². The van der Waals surface area contributed by atoms with Crippen LogP contribution in [-0.4, -0.2) is 69.3 Å². The second-order valence-electron chi connectivity index (χ2n) is 13.1. The smallest absolute Gasteiger partial charge is 0.261 e. The van der Waals surface area contributed by atoms with Gasteiger partial charge >= 0.3 is 0 Å². The number of benzene rings is 2. The number of halogens is 1. The minimum atomic E-state index is -0.480. The summed E-state index contributed by atoms with van der Waals surface area (Å²) < 4.78 is 16.1. The molecule has 1 amide bonds. The van der Waals surface area contributed by atoms with E-state index in [1.807, 2.05) is 43.5 Å². The molecule has 1 N–H and O–H groups in total. The highest BCUT2D eigenvalue weighted by Crippen LogP contribution is 2.47. The van der Waals surface area contributed by atoms with Gasteiger partial charge in [0.15, 0.2) is 0 Å². The number of carbonyl (C=O) groups is 1. The number of carbonyl (C=O) groups excluding carboxylic acids is 1. The van der Waals surface area contributed by atoms with Gasteiger partial charge < -0.3 is 19.2 Å². The SMILES string of the molecule is CCCc1cc(Cl)ccc1C1COc2ccc3cc2N(C1)CC1CCC1C(CN(C)OC)(OC)/C=C/CC(C)C(C)SNC3=O. The number of fused-ring (bicyclic) bond motifs is 2. The third-order valence-corrected chi connectivity index (χ3v) is 11.6. The van der Waals surface area contributed by atoms with Crippen LogP contribution < -0.4 is 14.4 Å². The molecule has 3 aliphatic rings. The number of methoxy groups -OCH3 is 1. The van der Waals surface area contributed by atoms with Crippen LogP contribution in [0.25, 0.3) is 0 Å². The lowest BCUT2D eigenvalue weighted by atomic mass is 9.64. The maximum absolute atomic E-state index is 13.4. The molecule has 2 aromatic carbocycles. The predicted octanol–water partition coefficient (Wildman–Crippen LogP) is 7.54. The van der Waals surface area contributed by atoms with Crippen LogP contribution in [0.1, 0.15) is 73.9 Å². The van der Waals surface area contributed by atoms with E-state index >= 15 is 0 Å². The standard InChI is InChI=1S/C36H50ClN3O4S/c1-7-9-26-18-30(37)13-14-31(26)29-21-40-20-28-11-15-32(28)36(42-5,23-39(4)43-6)17-8-10-24(2)25(3)45-38-35(41)27-12-16-34(44-22-29)33(40)19-27/h8,12-14,16-19,24-25,28-29,32H,7,9-11,15,20-23H2,1-6H3,(H,38,41)/b17-8+. The maximum atomic E-state index is 13.4. The summed E-state index contributed by atoms with van der Waals surface area (Å²) in [6, 6.07) is 12.2. The minimum Gasteiger partial charge on any atom is -0.491 e. The highest BCUT2D eigenvalue weighted by atomic mass is 35.5. The molecule has 0 radical (unpaired) electrons. The predicted molar refractivity (Wildman–Crippen MR) is 185 cm³/mol. The summed E-state index contributed by atoms with van der Waals surface area (Å²) in [4.78, 5) is 21.5. The zero-order chi connectivity index (χ0) is 32.1. The van der Waals surface area contributed by atoms with Crippen LogP contribution in [-0.2, 0) is 16.0 Å². The first-order chi connectivity index (χ1) is 21.7. The Morgan fingerprint density at radius 2 is 1.98 bits per heavy atom. The van der Waals surface area contributed by atoms with Gasteiger partial charge in [-0.2, -0.15) is 5.06 Å². The first kappa shape index (κ1) is 34.1. The number of hydrogen-bond donors (Lipinski definition) is 1. The normalized spacial score (nSPS) is 29.6. The van der Waals surface area contributed by atoms with E-state index in [1.54, 1.807) is 7.11 Å². The topological polar surface area (TPSA) is 63.3 Å². The van der Waals surface area contributed by atoms with E-state index in [-0.39, 0.29) is 17.1 Å². The van der Waals surface area contributed by atoms with Crippen molar-refractivity contribution in [3.05, 3.63) is 70.3 Å². The van der Waals surface area contributed by atoms with Crippen LogP contribution in [0.4, 0.5) is 5.69 Å². The molecule has 2 bridgehead atoms. The summed E-state index contributed by atoms with van der Waals surface area (Å²) >= 11 is 7.95. The number of nitrogens with zero attached hydrogens (tertiary/aromatic N) is 2. The molecule has 7 nitrogen and oxygen atoms in total. The Bertz CT molecular complexity index is 1360. The van der Waals surface area contributed by atoms with Crippen LogP contribution in [0.15, 0.2) is 48.6 Å². The fraction of sp³-hybridized carbons (Fsp3) is 0.583. The van der Waals surface area contributed by atoms with Crippen molar-refractivity contribution < 1.29 is 19.1 Å². The van der Waals surface area contributed by atoms with Gasteiger partial charge in [-0.1, -0.05) is 57.0 Å². The van der Waals surface area contributed by atoms with Gasteiger partial charge in [0.25, 0.3) is 5.91 Å². The number of hydroxylamine groups is 2. The highest BCUT2D eigenvalue weighted by Gasteiger charge is 2.48. The quantitative estimate of drug-likeness (QED) is 0.188. The number of allylic oxidation sites excluding steroid dienone is 1. The van der Waals surface area contributed by atoms with Gasteiger partial charge in [0.05, 0.1) is 25.9 Å². The van der Waals surface area contributed by atoms with Gasteiger partial charge in [-0.25, -0.2) is 0 Å². The molecule has 1 fully saturated rings. The van der Waals surface area contributed by atoms with Crippen molar-refractivity contribution >= 4 is 35.1 Å². The first-order valence-corrected chi connectivity index (χ1v) is 17.7. The lowest BCUT2D eigenvalue weighted by Gasteiger charge is -2.50. The van der Waals surface area contributed by atoms with Crippen LogP contribution in [0.2, 0.25) is 5.02 Å². The van der Waals surface area contributed by atoms with E-state index in [4.69, 9.17) is 25.9 Å². The zero-order valence-electron chi connectivity index (χ0n) is 27.7. The number of ether oxygens (including phenoxy) is 2. The number of rotatable bonds is 7. The van der Waals surface area contributed by atoms with Crippen molar-refractivity contribution in [1.82, 2.24) is 9.79 Å². The second-order valence-corrected chi connectivity index (χ2v) is 14.7. The van der Waals surface area contributed by atoms with Crippen LogP contribution in [0.5, 0.6) is 5.75 Å². The van der Waals surface area contributed by atoms with Crippen molar-refractivity contribution in [2.24, 2.45) is 17.8 Å². The van der Waals surface area contributed by atoms with Crippen molar-refractivity contribution in [2.45, 2.75) is 69.6 Å². The maximum Gasteiger partial charge on any atom is 0.261 e. The molecule has 6 atom stereocenters. The Balaban J connectivity index is 1.56. The van der Waals surface area contributed by atoms with Gasteiger partial charge in [-0.15, -0.1) is 0 Å². The van der Waals surface area contributed by atoms with E-state index in [0.717, 1.165) is 61.7 Å². The molecule has 45 heavy (non-hydrogen) atoms.